The van der Waals surface area contributed by atoms with Gasteiger partial charge in [0.2, 0.25) is 0 Å². The predicted octanol–water partition coefficient (Wildman–Crippen LogP) is 6.56. The lowest BCUT2D eigenvalue weighted by Gasteiger charge is -2.07. The number of esters is 1. The first-order valence-corrected chi connectivity index (χ1v) is 11.6. The molecular weight excluding hydrogens is 499 g/mol. The number of hydrogen-bond acceptors (Lipinski definition) is 5. The third kappa shape index (κ3) is 7.18. The van der Waals surface area contributed by atoms with Crippen LogP contribution in [0.1, 0.15) is 31.8 Å². The van der Waals surface area contributed by atoms with Gasteiger partial charge in [-0.05, 0) is 96.1 Å². The first-order chi connectivity index (χ1) is 17.5. The van der Waals surface area contributed by atoms with E-state index >= 15 is 0 Å². The van der Waals surface area contributed by atoms with Gasteiger partial charge >= 0.3 is 5.97 Å². The molecule has 180 valence electrons. The molecule has 0 atom stereocenters. The molecule has 0 aromatic heterocycles. The Morgan fingerprint density at radius 1 is 0.722 bits per heavy atom. The molecular formula is C28H20Cl2N2O4. The van der Waals surface area contributed by atoms with Gasteiger partial charge in [-0.25, -0.2) is 10.2 Å². The smallest absolute Gasteiger partial charge is 0.343 e. The quantitative estimate of drug-likeness (QED) is 0.124. The van der Waals surface area contributed by atoms with E-state index in [1.54, 1.807) is 84.9 Å². The molecule has 0 saturated heterocycles. The van der Waals surface area contributed by atoms with E-state index < -0.39 is 5.97 Å². The fraction of sp³-hybridized carbons (Fsp3) is 0.0357. The number of rotatable bonds is 8. The van der Waals surface area contributed by atoms with Crippen LogP contribution in [0.25, 0.3) is 0 Å². The second-order valence-corrected chi connectivity index (χ2v) is 8.48. The average Bonchev–Trinajstić information content (AvgIpc) is 2.90. The molecule has 0 spiro atoms. The van der Waals surface area contributed by atoms with Crippen LogP contribution in [0.15, 0.2) is 102 Å². The Balaban J connectivity index is 1.25. The first-order valence-electron chi connectivity index (χ1n) is 10.8. The molecule has 8 heteroatoms. The topological polar surface area (TPSA) is 77.0 Å². The van der Waals surface area contributed by atoms with Gasteiger partial charge in [-0.15, -0.1) is 0 Å². The van der Waals surface area contributed by atoms with Crippen LogP contribution >= 0.6 is 23.2 Å². The van der Waals surface area contributed by atoms with Gasteiger partial charge in [0.05, 0.1) is 11.8 Å². The summed E-state index contributed by atoms with van der Waals surface area (Å²) >= 11 is 11.7. The average molecular weight is 519 g/mol. The van der Waals surface area contributed by atoms with Gasteiger partial charge in [-0.1, -0.05) is 35.3 Å². The minimum absolute atomic E-state index is 0.357. The van der Waals surface area contributed by atoms with Crippen LogP contribution in [-0.2, 0) is 6.61 Å². The van der Waals surface area contributed by atoms with Crippen LogP contribution in [0.5, 0.6) is 11.5 Å². The molecule has 0 unspecified atom stereocenters. The minimum Gasteiger partial charge on any atom is -0.489 e. The minimum atomic E-state index is -0.484. The molecule has 36 heavy (non-hydrogen) atoms. The Morgan fingerprint density at radius 3 is 1.92 bits per heavy atom. The molecule has 4 rings (SSSR count). The van der Waals surface area contributed by atoms with E-state index in [-0.39, 0.29) is 5.91 Å². The van der Waals surface area contributed by atoms with E-state index in [4.69, 9.17) is 32.7 Å². The number of carbonyl (C=O) groups is 2. The summed E-state index contributed by atoms with van der Waals surface area (Å²) in [6.45, 7) is 0.395. The maximum absolute atomic E-state index is 12.3. The lowest BCUT2D eigenvalue weighted by Crippen LogP contribution is -2.17. The molecule has 0 radical (unpaired) electrons. The molecule has 0 heterocycles. The third-order valence-corrected chi connectivity index (χ3v) is 5.49. The van der Waals surface area contributed by atoms with Crippen molar-refractivity contribution in [2.45, 2.75) is 6.61 Å². The van der Waals surface area contributed by atoms with Crippen molar-refractivity contribution < 1.29 is 19.1 Å². The zero-order valence-electron chi connectivity index (χ0n) is 18.9. The molecule has 0 aliphatic heterocycles. The van der Waals surface area contributed by atoms with Crippen molar-refractivity contribution in [1.82, 2.24) is 5.43 Å². The Hall–Kier alpha value is -4.13. The predicted molar refractivity (Wildman–Crippen MR) is 140 cm³/mol. The van der Waals surface area contributed by atoms with Crippen molar-refractivity contribution >= 4 is 41.3 Å². The third-order valence-electron chi connectivity index (χ3n) is 4.99. The van der Waals surface area contributed by atoms with Crippen molar-refractivity contribution in [3.8, 4) is 11.5 Å². The van der Waals surface area contributed by atoms with Crippen molar-refractivity contribution in [3.05, 3.63) is 129 Å². The molecule has 0 saturated carbocycles. The number of carbonyl (C=O) groups excluding carboxylic acids is 2. The molecule has 1 amide bonds. The highest BCUT2D eigenvalue weighted by Gasteiger charge is 2.08. The molecule has 0 aliphatic carbocycles. The van der Waals surface area contributed by atoms with Crippen LogP contribution in [0.2, 0.25) is 10.0 Å². The highest BCUT2D eigenvalue weighted by molar-refractivity contribution is 6.30. The summed E-state index contributed by atoms with van der Waals surface area (Å²) in [4.78, 5) is 24.5. The van der Waals surface area contributed by atoms with E-state index in [0.717, 1.165) is 5.56 Å². The molecule has 4 aromatic carbocycles. The fourth-order valence-electron chi connectivity index (χ4n) is 3.05. The van der Waals surface area contributed by atoms with Crippen molar-refractivity contribution in [2.75, 3.05) is 0 Å². The number of ether oxygens (including phenoxy) is 2. The number of hydrogen-bond donors (Lipinski definition) is 1. The lowest BCUT2D eigenvalue weighted by atomic mass is 10.2. The molecule has 4 aromatic rings. The maximum atomic E-state index is 12.3. The van der Waals surface area contributed by atoms with Crippen molar-refractivity contribution in [1.29, 1.82) is 0 Å². The summed E-state index contributed by atoms with van der Waals surface area (Å²) in [5.41, 5.74) is 5.03. The largest absolute Gasteiger partial charge is 0.489 e. The highest BCUT2D eigenvalue weighted by atomic mass is 35.5. The first kappa shape index (κ1) is 25.0. The number of nitrogens with one attached hydrogen (secondary N) is 1. The Labute approximate surface area is 218 Å². The van der Waals surface area contributed by atoms with Gasteiger partial charge in [0.25, 0.3) is 5.91 Å². The molecule has 0 bridgehead atoms. The summed E-state index contributed by atoms with van der Waals surface area (Å²) in [7, 11) is 0. The van der Waals surface area contributed by atoms with Crippen LogP contribution in [0.4, 0.5) is 0 Å². The number of halogens is 2. The second-order valence-electron chi connectivity index (χ2n) is 7.60. The van der Waals surface area contributed by atoms with Gasteiger partial charge in [0, 0.05) is 15.6 Å². The lowest BCUT2D eigenvalue weighted by molar-refractivity contribution is 0.0734. The monoisotopic (exact) mass is 518 g/mol. The molecule has 0 aliphatic rings. The number of nitrogens with zero attached hydrogens (tertiary/aromatic N) is 1. The van der Waals surface area contributed by atoms with Gasteiger partial charge in [0.15, 0.2) is 0 Å². The van der Waals surface area contributed by atoms with Gasteiger partial charge < -0.3 is 9.47 Å². The van der Waals surface area contributed by atoms with Crippen LogP contribution < -0.4 is 14.9 Å². The maximum Gasteiger partial charge on any atom is 0.343 e. The Morgan fingerprint density at radius 2 is 1.28 bits per heavy atom. The van der Waals surface area contributed by atoms with Gasteiger partial charge in [-0.3, -0.25) is 4.79 Å². The van der Waals surface area contributed by atoms with Gasteiger partial charge in [-0.2, -0.15) is 5.10 Å². The van der Waals surface area contributed by atoms with Crippen LogP contribution in [-0.4, -0.2) is 18.1 Å². The van der Waals surface area contributed by atoms with E-state index in [1.165, 1.54) is 6.21 Å². The van der Waals surface area contributed by atoms with Crippen molar-refractivity contribution in [3.63, 3.8) is 0 Å². The summed E-state index contributed by atoms with van der Waals surface area (Å²) in [5, 5.41) is 5.19. The standard InChI is InChI=1S/C28H20Cl2N2O4/c29-23-9-1-20(2-10-23)18-35-25-15-7-21(8-16-25)27(33)32-31-17-19-3-13-26(14-4-19)36-28(34)22-5-11-24(30)12-6-22/h1-17H,18H2,(H,32,33)/b31-17-. The summed E-state index contributed by atoms with van der Waals surface area (Å²) in [5.74, 6) is 0.183. The fourth-order valence-corrected chi connectivity index (χ4v) is 3.31. The molecule has 1 N–H and O–H groups in total. The van der Waals surface area contributed by atoms with Gasteiger partial charge in [0.1, 0.15) is 18.1 Å². The summed E-state index contributed by atoms with van der Waals surface area (Å²) in [6.07, 6.45) is 1.49. The SMILES string of the molecule is O=C(N/N=C\c1ccc(OC(=O)c2ccc(Cl)cc2)cc1)c1ccc(OCc2ccc(Cl)cc2)cc1. The number of hydrazone groups is 1. The van der Waals surface area contributed by atoms with E-state index in [2.05, 4.69) is 10.5 Å². The summed E-state index contributed by atoms with van der Waals surface area (Å²) in [6, 6.07) is 27.3. The highest BCUT2D eigenvalue weighted by Crippen LogP contribution is 2.17. The Kier molecular flexibility index (Phi) is 8.34. The molecule has 0 fully saturated rings. The van der Waals surface area contributed by atoms with Crippen molar-refractivity contribution in [2.24, 2.45) is 5.10 Å². The van der Waals surface area contributed by atoms with E-state index in [1.807, 2.05) is 12.1 Å². The molecule has 6 nitrogen and oxygen atoms in total. The number of amides is 1. The van der Waals surface area contributed by atoms with E-state index in [0.29, 0.717) is 44.8 Å². The zero-order valence-corrected chi connectivity index (χ0v) is 20.4. The van der Waals surface area contributed by atoms with Crippen LogP contribution in [0, 0.1) is 0 Å². The normalized spacial score (nSPS) is 10.7. The second kappa shape index (κ2) is 12.0. The zero-order chi connectivity index (χ0) is 25.3. The van der Waals surface area contributed by atoms with E-state index in [9.17, 15) is 9.59 Å². The number of benzene rings is 4. The van der Waals surface area contributed by atoms with Crippen LogP contribution in [0.3, 0.4) is 0 Å². The Bertz CT molecular complexity index is 1350. The summed E-state index contributed by atoms with van der Waals surface area (Å²) < 4.78 is 11.1.